The standard InChI is InChI=1S/C13H22O4/c1-5-16-12(14)8-7-11(9-10(3)4)13(15)17-6-2/h7,10H,5-6,8-9H2,1-4H3/b11-7+. The molecule has 0 aliphatic carbocycles. The van der Waals surface area contributed by atoms with E-state index in [0.29, 0.717) is 31.1 Å². The van der Waals surface area contributed by atoms with Crippen LogP contribution in [0.4, 0.5) is 0 Å². The summed E-state index contributed by atoms with van der Waals surface area (Å²) in [5, 5.41) is 0. The number of carbonyl (C=O) groups excluding carboxylic acids is 2. The van der Waals surface area contributed by atoms with Gasteiger partial charge in [0.25, 0.3) is 0 Å². The molecule has 0 fully saturated rings. The van der Waals surface area contributed by atoms with Crippen molar-refractivity contribution < 1.29 is 19.1 Å². The van der Waals surface area contributed by atoms with Gasteiger partial charge in [0.2, 0.25) is 0 Å². The molecule has 0 aliphatic rings. The molecule has 0 atom stereocenters. The summed E-state index contributed by atoms with van der Waals surface area (Å²) in [6.45, 7) is 8.23. The van der Waals surface area contributed by atoms with Gasteiger partial charge < -0.3 is 9.47 Å². The summed E-state index contributed by atoms with van der Waals surface area (Å²) < 4.78 is 9.74. The van der Waals surface area contributed by atoms with Crippen LogP contribution in [0.1, 0.15) is 40.5 Å². The van der Waals surface area contributed by atoms with Crippen molar-refractivity contribution in [2.75, 3.05) is 13.2 Å². The first kappa shape index (κ1) is 15.7. The topological polar surface area (TPSA) is 52.6 Å². The Bertz CT molecular complexity index is 279. The van der Waals surface area contributed by atoms with Gasteiger partial charge in [-0.05, 0) is 26.2 Å². The minimum absolute atomic E-state index is 0.120. The first-order valence-corrected chi connectivity index (χ1v) is 6.03. The lowest BCUT2D eigenvalue weighted by Crippen LogP contribution is -2.11. The van der Waals surface area contributed by atoms with Crippen LogP contribution < -0.4 is 0 Å². The Morgan fingerprint density at radius 2 is 1.71 bits per heavy atom. The molecule has 0 saturated carbocycles. The SMILES string of the molecule is CCOC(=O)C/C=C(\CC(C)C)C(=O)OCC. The molecule has 0 N–H and O–H groups in total. The lowest BCUT2D eigenvalue weighted by molar-refractivity contribution is -0.142. The van der Waals surface area contributed by atoms with Gasteiger partial charge >= 0.3 is 11.9 Å². The molecule has 0 saturated heterocycles. The van der Waals surface area contributed by atoms with Crippen LogP contribution in [0.2, 0.25) is 0 Å². The third-order valence-electron chi connectivity index (χ3n) is 1.99. The number of esters is 2. The monoisotopic (exact) mass is 242 g/mol. The Hall–Kier alpha value is -1.32. The van der Waals surface area contributed by atoms with E-state index in [9.17, 15) is 9.59 Å². The van der Waals surface area contributed by atoms with Crippen molar-refractivity contribution in [2.45, 2.75) is 40.5 Å². The highest BCUT2D eigenvalue weighted by molar-refractivity contribution is 5.89. The molecule has 0 bridgehead atoms. The van der Waals surface area contributed by atoms with Gasteiger partial charge in [0.05, 0.1) is 19.6 Å². The lowest BCUT2D eigenvalue weighted by atomic mass is 10.0. The Kier molecular flexibility index (Phi) is 8.11. The van der Waals surface area contributed by atoms with E-state index in [2.05, 4.69) is 0 Å². The summed E-state index contributed by atoms with van der Waals surface area (Å²) in [5.74, 6) is -0.323. The first-order chi connectivity index (χ1) is 8.01. The summed E-state index contributed by atoms with van der Waals surface area (Å²) in [6, 6.07) is 0. The average Bonchev–Trinajstić information content (AvgIpc) is 2.24. The van der Waals surface area contributed by atoms with E-state index in [-0.39, 0.29) is 18.4 Å². The first-order valence-electron chi connectivity index (χ1n) is 6.03. The predicted molar refractivity (Wildman–Crippen MR) is 65.4 cm³/mol. The predicted octanol–water partition coefficient (Wildman–Crippen LogP) is 2.48. The lowest BCUT2D eigenvalue weighted by Gasteiger charge is -2.09. The fourth-order valence-electron chi connectivity index (χ4n) is 1.34. The van der Waals surface area contributed by atoms with E-state index in [1.54, 1.807) is 19.9 Å². The zero-order valence-corrected chi connectivity index (χ0v) is 11.1. The Morgan fingerprint density at radius 1 is 1.12 bits per heavy atom. The molecule has 0 rings (SSSR count). The summed E-state index contributed by atoms with van der Waals surface area (Å²) in [6.07, 6.45) is 2.34. The average molecular weight is 242 g/mol. The van der Waals surface area contributed by atoms with Gasteiger partial charge in [0, 0.05) is 5.57 Å². The van der Waals surface area contributed by atoms with Gasteiger partial charge in [0.15, 0.2) is 0 Å². The summed E-state index contributed by atoms with van der Waals surface area (Å²) in [5.41, 5.74) is 0.551. The van der Waals surface area contributed by atoms with Crippen molar-refractivity contribution in [2.24, 2.45) is 5.92 Å². The number of ether oxygens (including phenoxy) is 2. The van der Waals surface area contributed by atoms with Crippen molar-refractivity contribution >= 4 is 11.9 Å². The molecule has 0 amide bonds. The van der Waals surface area contributed by atoms with Crippen LogP contribution in [-0.4, -0.2) is 25.2 Å². The molecule has 0 aromatic rings. The number of rotatable bonds is 7. The van der Waals surface area contributed by atoms with E-state index in [1.165, 1.54) is 0 Å². The summed E-state index contributed by atoms with van der Waals surface area (Å²) in [4.78, 5) is 22.8. The van der Waals surface area contributed by atoms with Crippen molar-refractivity contribution in [3.8, 4) is 0 Å². The zero-order chi connectivity index (χ0) is 13.3. The molecule has 0 aliphatic heterocycles. The van der Waals surface area contributed by atoms with E-state index < -0.39 is 0 Å². The second-order valence-corrected chi connectivity index (χ2v) is 4.06. The third-order valence-corrected chi connectivity index (χ3v) is 1.99. The Morgan fingerprint density at radius 3 is 2.18 bits per heavy atom. The van der Waals surface area contributed by atoms with Crippen LogP contribution in [0.3, 0.4) is 0 Å². The number of hydrogen-bond donors (Lipinski definition) is 0. The highest BCUT2D eigenvalue weighted by Gasteiger charge is 2.13. The third kappa shape index (κ3) is 7.55. The molecule has 4 nitrogen and oxygen atoms in total. The Labute approximate surface area is 103 Å². The molecular formula is C13H22O4. The maximum absolute atomic E-state index is 11.6. The maximum atomic E-state index is 11.6. The smallest absolute Gasteiger partial charge is 0.333 e. The largest absolute Gasteiger partial charge is 0.466 e. The van der Waals surface area contributed by atoms with Gasteiger partial charge in [-0.25, -0.2) is 4.79 Å². The molecule has 0 spiro atoms. The second-order valence-electron chi connectivity index (χ2n) is 4.06. The van der Waals surface area contributed by atoms with Crippen LogP contribution in [0.25, 0.3) is 0 Å². The van der Waals surface area contributed by atoms with Crippen molar-refractivity contribution in [3.63, 3.8) is 0 Å². The van der Waals surface area contributed by atoms with Gasteiger partial charge in [0.1, 0.15) is 0 Å². The van der Waals surface area contributed by atoms with Crippen LogP contribution in [-0.2, 0) is 19.1 Å². The van der Waals surface area contributed by atoms with E-state index in [0.717, 1.165) is 0 Å². The summed E-state index contributed by atoms with van der Waals surface area (Å²) >= 11 is 0. The van der Waals surface area contributed by atoms with Crippen molar-refractivity contribution in [1.82, 2.24) is 0 Å². The Balaban J connectivity index is 4.50. The quantitative estimate of drug-likeness (QED) is 0.508. The minimum Gasteiger partial charge on any atom is -0.466 e. The molecule has 17 heavy (non-hydrogen) atoms. The van der Waals surface area contributed by atoms with Crippen LogP contribution in [0.15, 0.2) is 11.6 Å². The number of hydrogen-bond acceptors (Lipinski definition) is 4. The van der Waals surface area contributed by atoms with Crippen molar-refractivity contribution in [1.29, 1.82) is 0 Å². The minimum atomic E-state index is -0.342. The molecule has 0 aromatic carbocycles. The van der Waals surface area contributed by atoms with Crippen LogP contribution in [0.5, 0.6) is 0 Å². The molecule has 0 unspecified atom stereocenters. The van der Waals surface area contributed by atoms with Gasteiger partial charge in [-0.2, -0.15) is 0 Å². The highest BCUT2D eigenvalue weighted by Crippen LogP contribution is 2.13. The van der Waals surface area contributed by atoms with E-state index >= 15 is 0 Å². The molecule has 98 valence electrons. The van der Waals surface area contributed by atoms with Crippen molar-refractivity contribution in [3.05, 3.63) is 11.6 Å². The number of carbonyl (C=O) groups is 2. The highest BCUT2D eigenvalue weighted by atomic mass is 16.5. The van der Waals surface area contributed by atoms with Gasteiger partial charge in [-0.15, -0.1) is 0 Å². The molecule has 0 radical (unpaired) electrons. The zero-order valence-electron chi connectivity index (χ0n) is 11.1. The van der Waals surface area contributed by atoms with E-state index in [1.807, 2.05) is 13.8 Å². The molecule has 4 heteroatoms. The van der Waals surface area contributed by atoms with Gasteiger partial charge in [-0.3, -0.25) is 4.79 Å². The fraction of sp³-hybridized carbons (Fsp3) is 0.692. The second kappa shape index (κ2) is 8.79. The molecule has 0 heterocycles. The van der Waals surface area contributed by atoms with Crippen LogP contribution in [0, 0.1) is 5.92 Å². The van der Waals surface area contributed by atoms with E-state index in [4.69, 9.17) is 9.47 Å². The fourth-order valence-corrected chi connectivity index (χ4v) is 1.34. The molecule has 0 aromatic heterocycles. The van der Waals surface area contributed by atoms with Crippen LogP contribution >= 0.6 is 0 Å². The molecular weight excluding hydrogens is 220 g/mol. The maximum Gasteiger partial charge on any atom is 0.333 e. The normalized spacial score (nSPS) is 11.5. The van der Waals surface area contributed by atoms with Gasteiger partial charge in [-0.1, -0.05) is 19.9 Å². The summed E-state index contributed by atoms with van der Waals surface area (Å²) in [7, 11) is 0.